The van der Waals surface area contributed by atoms with Crippen LogP contribution in [0.2, 0.25) is 0 Å². The van der Waals surface area contributed by atoms with Crippen molar-refractivity contribution in [3.05, 3.63) is 60.1 Å². The zero-order valence-corrected chi connectivity index (χ0v) is 16.4. The van der Waals surface area contributed by atoms with Crippen LogP contribution in [0.4, 0.5) is 0 Å². The van der Waals surface area contributed by atoms with Crippen molar-refractivity contribution < 1.29 is 19.0 Å². The normalized spacial score (nSPS) is 22.0. The van der Waals surface area contributed by atoms with Crippen LogP contribution in [0.25, 0.3) is 0 Å². The Balaban J connectivity index is 1.59. The standard InChI is InChI=1S/C18H20Cl3N3O2/c19-18(20,21)17(22-16(25)15-7-4-12-26-15)24-10-8-23(9-11-24)13-14-5-2-1-3-6-14/h1-7,12,17H,8-11,13H2,(H,22,25)/p+2/t17-/m0/s1. The van der Waals surface area contributed by atoms with Crippen LogP contribution in [0.3, 0.4) is 0 Å². The molecule has 1 amide bonds. The van der Waals surface area contributed by atoms with E-state index in [0.29, 0.717) is 0 Å². The van der Waals surface area contributed by atoms with Crippen molar-refractivity contribution in [2.24, 2.45) is 0 Å². The first kappa shape index (κ1) is 19.5. The van der Waals surface area contributed by atoms with Crippen LogP contribution in [0.15, 0.2) is 53.1 Å². The maximum Gasteiger partial charge on any atom is 0.291 e. The van der Waals surface area contributed by atoms with E-state index in [0.717, 1.165) is 37.6 Å². The summed E-state index contributed by atoms with van der Waals surface area (Å²) in [6.07, 6.45) is 0.807. The van der Waals surface area contributed by atoms with Crippen LogP contribution in [-0.2, 0) is 6.54 Å². The number of alkyl halides is 3. The highest BCUT2D eigenvalue weighted by atomic mass is 35.6. The first-order chi connectivity index (χ1) is 12.4. The first-order valence-corrected chi connectivity index (χ1v) is 9.70. The number of hydrogen-bond donors (Lipinski definition) is 3. The molecule has 8 heteroatoms. The number of carbonyl (C=O) groups is 1. The van der Waals surface area contributed by atoms with E-state index >= 15 is 0 Å². The summed E-state index contributed by atoms with van der Waals surface area (Å²) in [5, 5.41) is 2.82. The second-order valence-electron chi connectivity index (χ2n) is 6.50. The van der Waals surface area contributed by atoms with Gasteiger partial charge < -0.3 is 14.2 Å². The lowest BCUT2D eigenvalue weighted by Gasteiger charge is -2.37. The molecule has 3 N–H and O–H groups in total. The molecule has 0 spiro atoms. The zero-order valence-electron chi connectivity index (χ0n) is 14.2. The Morgan fingerprint density at radius 3 is 2.35 bits per heavy atom. The van der Waals surface area contributed by atoms with E-state index in [-0.39, 0.29) is 11.7 Å². The van der Waals surface area contributed by atoms with E-state index in [1.807, 2.05) is 6.07 Å². The minimum atomic E-state index is -1.60. The van der Waals surface area contributed by atoms with Gasteiger partial charge in [0.2, 0.25) is 6.17 Å². The second-order valence-corrected chi connectivity index (χ2v) is 8.86. The van der Waals surface area contributed by atoms with E-state index in [2.05, 4.69) is 29.6 Å². The Morgan fingerprint density at radius 1 is 1.08 bits per heavy atom. The molecule has 1 atom stereocenters. The summed E-state index contributed by atoms with van der Waals surface area (Å²) < 4.78 is 3.52. The number of quaternary nitrogens is 2. The van der Waals surface area contributed by atoms with Gasteiger partial charge in [-0.15, -0.1) is 0 Å². The molecule has 1 aliphatic rings. The number of rotatable bonds is 5. The molecule has 26 heavy (non-hydrogen) atoms. The van der Waals surface area contributed by atoms with Gasteiger partial charge in [0.25, 0.3) is 9.70 Å². The Kier molecular flexibility index (Phi) is 6.48. The first-order valence-electron chi connectivity index (χ1n) is 8.56. The fraction of sp³-hybridized carbons (Fsp3) is 0.389. The van der Waals surface area contributed by atoms with Crippen LogP contribution in [-0.4, -0.2) is 42.0 Å². The SMILES string of the molecule is O=C(N[C@@H]([NH+]1CC[NH+](Cc2ccccc2)CC1)C(Cl)(Cl)Cl)c1ccco1. The fourth-order valence-corrected chi connectivity index (χ4v) is 3.93. The van der Waals surface area contributed by atoms with Gasteiger partial charge >= 0.3 is 0 Å². The van der Waals surface area contributed by atoms with Crippen LogP contribution in [0.1, 0.15) is 16.1 Å². The van der Waals surface area contributed by atoms with E-state index in [4.69, 9.17) is 39.2 Å². The average Bonchev–Trinajstić information content (AvgIpc) is 3.15. The molecule has 2 heterocycles. The third-order valence-corrected chi connectivity index (χ3v) is 5.31. The number of amides is 1. The molecule has 1 aromatic heterocycles. The van der Waals surface area contributed by atoms with Crippen LogP contribution >= 0.6 is 34.8 Å². The highest BCUT2D eigenvalue weighted by Crippen LogP contribution is 2.28. The van der Waals surface area contributed by atoms with Gasteiger partial charge in [0, 0.05) is 5.56 Å². The number of furan rings is 1. The highest BCUT2D eigenvalue weighted by molar-refractivity contribution is 6.68. The number of piperazine rings is 1. The lowest BCUT2D eigenvalue weighted by Crippen LogP contribution is -3.30. The number of benzene rings is 1. The van der Waals surface area contributed by atoms with Crippen molar-refractivity contribution in [3.63, 3.8) is 0 Å². The molecule has 0 unspecified atom stereocenters. The monoisotopic (exact) mass is 417 g/mol. The second kappa shape index (κ2) is 8.63. The third-order valence-electron chi connectivity index (χ3n) is 4.65. The van der Waals surface area contributed by atoms with E-state index < -0.39 is 9.96 Å². The van der Waals surface area contributed by atoms with E-state index in [9.17, 15) is 4.79 Å². The number of halogens is 3. The largest absolute Gasteiger partial charge is 0.459 e. The molecule has 3 rings (SSSR count). The maximum atomic E-state index is 12.3. The fourth-order valence-electron chi connectivity index (χ4n) is 3.30. The minimum Gasteiger partial charge on any atom is -0.459 e. The zero-order chi connectivity index (χ0) is 18.6. The molecule has 140 valence electrons. The molecule has 1 saturated heterocycles. The molecule has 0 saturated carbocycles. The summed E-state index contributed by atoms with van der Waals surface area (Å²) in [6.45, 7) is 4.47. The quantitative estimate of drug-likeness (QED) is 0.626. The van der Waals surface area contributed by atoms with Gasteiger partial charge in [-0.25, -0.2) is 0 Å². The summed E-state index contributed by atoms with van der Waals surface area (Å²) in [7, 11) is 0. The molecule has 0 radical (unpaired) electrons. The maximum absolute atomic E-state index is 12.3. The van der Waals surface area contributed by atoms with Crippen molar-refractivity contribution in [1.29, 1.82) is 0 Å². The Hall–Kier alpha value is -1.24. The molecule has 1 fully saturated rings. The van der Waals surface area contributed by atoms with Gasteiger partial charge in [-0.1, -0.05) is 65.1 Å². The summed E-state index contributed by atoms with van der Waals surface area (Å²) in [5.74, 6) is -0.171. The lowest BCUT2D eigenvalue weighted by molar-refractivity contribution is -1.03. The Labute approximate surface area is 167 Å². The topological polar surface area (TPSA) is 51.1 Å². The smallest absolute Gasteiger partial charge is 0.291 e. The molecule has 1 aliphatic heterocycles. The summed E-state index contributed by atoms with van der Waals surface area (Å²) in [4.78, 5) is 14.9. The third kappa shape index (κ3) is 5.15. The van der Waals surface area contributed by atoms with E-state index in [1.165, 1.54) is 16.7 Å². The van der Waals surface area contributed by atoms with Crippen LogP contribution < -0.4 is 15.1 Å². The number of carbonyl (C=O) groups excluding carboxylic acids is 1. The van der Waals surface area contributed by atoms with Gasteiger partial charge in [-0.3, -0.25) is 10.1 Å². The van der Waals surface area contributed by atoms with Crippen LogP contribution in [0.5, 0.6) is 0 Å². The average molecular weight is 419 g/mol. The van der Waals surface area contributed by atoms with Crippen molar-refractivity contribution in [2.75, 3.05) is 26.2 Å². The molecule has 1 aromatic carbocycles. The van der Waals surface area contributed by atoms with Crippen LogP contribution in [0, 0.1) is 0 Å². The summed E-state index contributed by atoms with van der Waals surface area (Å²) in [5.41, 5.74) is 1.31. The molecular formula is C18H22Cl3N3O2+2. The Bertz CT molecular complexity index is 696. The minimum absolute atomic E-state index is 0.206. The lowest BCUT2D eigenvalue weighted by atomic mass is 10.2. The number of hydrogen-bond acceptors (Lipinski definition) is 2. The van der Waals surface area contributed by atoms with Crippen molar-refractivity contribution >= 4 is 40.7 Å². The highest BCUT2D eigenvalue weighted by Gasteiger charge is 2.44. The molecule has 0 aliphatic carbocycles. The molecule has 2 aromatic rings. The van der Waals surface area contributed by atoms with Gasteiger partial charge in [0.05, 0.1) is 6.26 Å². The summed E-state index contributed by atoms with van der Waals surface area (Å²) >= 11 is 18.5. The predicted octanol–water partition coefficient (Wildman–Crippen LogP) is 0.689. The molecule has 5 nitrogen and oxygen atoms in total. The van der Waals surface area contributed by atoms with E-state index in [1.54, 1.807) is 12.1 Å². The van der Waals surface area contributed by atoms with Gasteiger partial charge in [-0.2, -0.15) is 0 Å². The van der Waals surface area contributed by atoms with Crippen molar-refractivity contribution in [1.82, 2.24) is 5.32 Å². The number of nitrogens with one attached hydrogen (secondary N) is 3. The predicted molar refractivity (Wildman–Crippen MR) is 102 cm³/mol. The van der Waals surface area contributed by atoms with Crippen molar-refractivity contribution in [2.45, 2.75) is 16.5 Å². The van der Waals surface area contributed by atoms with Gasteiger partial charge in [0.1, 0.15) is 32.7 Å². The summed E-state index contributed by atoms with van der Waals surface area (Å²) in [6, 6.07) is 13.6. The Morgan fingerprint density at radius 2 is 1.77 bits per heavy atom. The van der Waals surface area contributed by atoms with Crippen molar-refractivity contribution in [3.8, 4) is 0 Å². The molecular weight excluding hydrogens is 397 g/mol. The van der Waals surface area contributed by atoms with Gasteiger partial charge in [-0.05, 0) is 12.1 Å². The molecule has 0 bridgehead atoms. The van der Waals surface area contributed by atoms with Gasteiger partial charge in [0.15, 0.2) is 5.76 Å².